The molecule has 0 aliphatic rings. The summed E-state index contributed by atoms with van der Waals surface area (Å²) in [5.41, 5.74) is 6.72. The summed E-state index contributed by atoms with van der Waals surface area (Å²) in [4.78, 5) is 13.6. The first-order valence-electron chi connectivity index (χ1n) is 4.85. The van der Waals surface area contributed by atoms with Crippen LogP contribution in [-0.2, 0) is 0 Å². The Morgan fingerprint density at radius 2 is 1.81 bits per heavy atom. The number of hydrogen-bond donors (Lipinski definition) is 1. The van der Waals surface area contributed by atoms with Crippen molar-refractivity contribution in [2.75, 3.05) is 5.73 Å². The summed E-state index contributed by atoms with van der Waals surface area (Å²) < 4.78 is 0. The van der Waals surface area contributed by atoms with E-state index in [4.69, 9.17) is 5.73 Å². The van der Waals surface area contributed by atoms with Gasteiger partial charge >= 0.3 is 0 Å². The number of nitrogens with zero attached hydrogens (tertiary/aromatic N) is 3. The lowest BCUT2D eigenvalue weighted by molar-refractivity contribution is 0.946. The van der Waals surface area contributed by atoms with Crippen LogP contribution in [0.3, 0.4) is 0 Å². The molecule has 0 fully saturated rings. The predicted octanol–water partition coefficient (Wildman–Crippen LogP) is 2.22. The van der Waals surface area contributed by atoms with Crippen LogP contribution < -0.4 is 5.73 Å². The molecule has 2 rings (SSSR count). The normalized spacial score (nSPS) is 10.4. The van der Waals surface area contributed by atoms with Crippen LogP contribution in [0.1, 0.15) is 11.4 Å². The third-order valence-corrected chi connectivity index (χ3v) is 3.21. The first-order valence-corrected chi connectivity index (χ1v) is 5.67. The van der Waals surface area contributed by atoms with Gasteiger partial charge < -0.3 is 5.73 Å². The van der Waals surface area contributed by atoms with E-state index in [1.807, 2.05) is 26.0 Å². The molecule has 4 nitrogen and oxygen atoms in total. The van der Waals surface area contributed by atoms with E-state index in [0.717, 1.165) is 15.5 Å². The molecule has 0 atom stereocenters. The Morgan fingerprint density at radius 3 is 2.50 bits per heavy atom. The van der Waals surface area contributed by atoms with E-state index >= 15 is 0 Å². The summed E-state index contributed by atoms with van der Waals surface area (Å²) in [6.07, 6.45) is 3.52. The van der Waals surface area contributed by atoms with Gasteiger partial charge in [-0.3, -0.25) is 4.98 Å². The fourth-order valence-corrected chi connectivity index (χ4v) is 2.16. The minimum Gasteiger partial charge on any atom is -0.383 e. The van der Waals surface area contributed by atoms with Crippen molar-refractivity contribution in [1.29, 1.82) is 0 Å². The number of hydrogen-bond acceptors (Lipinski definition) is 5. The lowest BCUT2D eigenvalue weighted by atomic mass is 10.3. The van der Waals surface area contributed by atoms with Crippen molar-refractivity contribution < 1.29 is 0 Å². The maximum atomic E-state index is 5.80. The smallest absolute Gasteiger partial charge is 0.131 e. The van der Waals surface area contributed by atoms with Crippen molar-refractivity contribution in [2.24, 2.45) is 0 Å². The largest absolute Gasteiger partial charge is 0.383 e. The minimum atomic E-state index is 0.545. The molecular formula is C11H12N4S. The number of nitrogens with two attached hydrogens (primary N) is 1. The highest BCUT2D eigenvalue weighted by molar-refractivity contribution is 7.99. The summed E-state index contributed by atoms with van der Waals surface area (Å²) in [7, 11) is 0. The Labute approximate surface area is 98.3 Å². The van der Waals surface area contributed by atoms with Crippen molar-refractivity contribution >= 4 is 17.6 Å². The van der Waals surface area contributed by atoms with Gasteiger partial charge in [0, 0.05) is 22.9 Å². The molecule has 2 aromatic rings. The molecule has 0 bridgehead atoms. The third kappa shape index (κ3) is 2.30. The first kappa shape index (κ1) is 10.9. The summed E-state index contributed by atoms with van der Waals surface area (Å²) in [6, 6.07) is 3.88. The quantitative estimate of drug-likeness (QED) is 0.804. The van der Waals surface area contributed by atoms with Crippen molar-refractivity contribution in [3.05, 3.63) is 35.9 Å². The standard InChI is InChI=1S/C11H12N4S/c1-7-10(12)14-8(2)15-11(7)16-9-3-5-13-6-4-9/h3-6H,1-2H3,(H2,12,14,15). The monoisotopic (exact) mass is 232 g/mol. The fourth-order valence-electron chi connectivity index (χ4n) is 1.24. The molecule has 0 spiro atoms. The van der Waals surface area contributed by atoms with Gasteiger partial charge in [0.15, 0.2) is 0 Å². The zero-order valence-corrected chi connectivity index (χ0v) is 9.95. The minimum absolute atomic E-state index is 0.545. The van der Waals surface area contributed by atoms with Gasteiger partial charge in [-0.1, -0.05) is 11.8 Å². The van der Waals surface area contributed by atoms with Crippen LogP contribution in [0.2, 0.25) is 0 Å². The van der Waals surface area contributed by atoms with Gasteiger partial charge in [-0.05, 0) is 26.0 Å². The summed E-state index contributed by atoms with van der Waals surface area (Å²) in [5.74, 6) is 1.24. The molecule has 0 saturated carbocycles. The molecule has 16 heavy (non-hydrogen) atoms. The molecule has 0 saturated heterocycles. The van der Waals surface area contributed by atoms with E-state index in [1.54, 1.807) is 24.2 Å². The molecule has 0 amide bonds. The molecule has 0 unspecified atom stereocenters. The van der Waals surface area contributed by atoms with Crippen molar-refractivity contribution in [2.45, 2.75) is 23.8 Å². The van der Waals surface area contributed by atoms with Crippen molar-refractivity contribution in [1.82, 2.24) is 15.0 Å². The van der Waals surface area contributed by atoms with Crippen LogP contribution in [0.4, 0.5) is 5.82 Å². The molecule has 0 aliphatic carbocycles. The number of aromatic nitrogens is 3. The highest BCUT2D eigenvalue weighted by Crippen LogP contribution is 2.29. The van der Waals surface area contributed by atoms with Gasteiger partial charge in [0.1, 0.15) is 16.7 Å². The van der Waals surface area contributed by atoms with Crippen molar-refractivity contribution in [3.8, 4) is 0 Å². The SMILES string of the molecule is Cc1nc(N)c(C)c(Sc2ccncc2)n1. The van der Waals surface area contributed by atoms with Crippen LogP contribution in [-0.4, -0.2) is 15.0 Å². The first-order chi connectivity index (χ1) is 7.66. The lowest BCUT2D eigenvalue weighted by Crippen LogP contribution is -2.01. The van der Waals surface area contributed by atoms with Gasteiger partial charge in [-0.15, -0.1) is 0 Å². The van der Waals surface area contributed by atoms with E-state index in [-0.39, 0.29) is 0 Å². The Balaban J connectivity index is 2.35. The van der Waals surface area contributed by atoms with Crippen molar-refractivity contribution in [3.63, 3.8) is 0 Å². The summed E-state index contributed by atoms with van der Waals surface area (Å²) >= 11 is 1.57. The second kappa shape index (κ2) is 4.49. The van der Waals surface area contributed by atoms with Crippen LogP contribution in [0.15, 0.2) is 34.4 Å². The average molecular weight is 232 g/mol. The third-order valence-electron chi connectivity index (χ3n) is 2.11. The van der Waals surface area contributed by atoms with Gasteiger partial charge in [0.2, 0.25) is 0 Å². The maximum absolute atomic E-state index is 5.80. The van der Waals surface area contributed by atoms with E-state index in [9.17, 15) is 0 Å². The topological polar surface area (TPSA) is 64.7 Å². The maximum Gasteiger partial charge on any atom is 0.131 e. The molecule has 5 heteroatoms. The van der Waals surface area contributed by atoms with E-state index in [1.165, 1.54) is 0 Å². The van der Waals surface area contributed by atoms with Crippen LogP contribution >= 0.6 is 11.8 Å². The number of rotatable bonds is 2. The van der Waals surface area contributed by atoms with Crippen LogP contribution in [0.25, 0.3) is 0 Å². The Bertz CT molecular complexity index is 499. The summed E-state index contributed by atoms with van der Waals surface area (Å²) in [6.45, 7) is 3.77. The van der Waals surface area contributed by atoms with E-state index in [0.29, 0.717) is 11.6 Å². The van der Waals surface area contributed by atoms with Gasteiger partial charge in [0.05, 0.1) is 0 Å². The molecule has 2 N–H and O–H groups in total. The highest BCUT2D eigenvalue weighted by Gasteiger charge is 2.07. The molecule has 2 aromatic heterocycles. The number of nitrogen functional groups attached to an aromatic ring is 1. The lowest BCUT2D eigenvalue weighted by Gasteiger charge is -2.07. The van der Waals surface area contributed by atoms with Gasteiger partial charge in [0.25, 0.3) is 0 Å². The fraction of sp³-hybridized carbons (Fsp3) is 0.182. The Morgan fingerprint density at radius 1 is 1.12 bits per heavy atom. The van der Waals surface area contributed by atoms with Crippen LogP contribution in [0, 0.1) is 13.8 Å². The number of pyridine rings is 1. The summed E-state index contributed by atoms with van der Waals surface area (Å²) in [5, 5.41) is 0.899. The average Bonchev–Trinajstić information content (AvgIpc) is 2.27. The second-order valence-electron chi connectivity index (χ2n) is 3.37. The number of anilines is 1. The Kier molecular flexibility index (Phi) is 3.05. The zero-order chi connectivity index (χ0) is 11.5. The molecule has 0 aliphatic heterocycles. The molecule has 2 heterocycles. The van der Waals surface area contributed by atoms with Crippen LogP contribution in [0.5, 0.6) is 0 Å². The second-order valence-corrected chi connectivity index (χ2v) is 4.43. The highest BCUT2D eigenvalue weighted by atomic mass is 32.2. The van der Waals surface area contributed by atoms with Gasteiger partial charge in [-0.2, -0.15) is 0 Å². The Hall–Kier alpha value is -1.62. The zero-order valence-electron chi connectivity index (χ0n) is 9.14. The molecule has 82 valence electrons. The van der Waals surface area contributed by atoms with E-state index < -0.39 is 0 Å². The predicted molar refractivity (Wildman–Crippen MR) is 64.3 cm³/mol. The van der Waals surface area contributed by atoms with E-state index in [2.05, 4.69) is 15.0 Å². The molecule has 0 aromatic carbocycles. The molecule has 0 radical (unpaired) electrons. The van der Waals surface area contributed by atoms with Gasteiger partial charge in [-0.25, -0.2) is 9.97 Å². The molecular weight excluding hydrogens is 220 g/mol. The number of aryl methyl sites for hydroxylation is 1.